The van der Waals surface area contributed by atoms with Gasteiger partial charge < -0.3 is 9.84 Å². The lowest BCUT2D eigenvalue weighted by Gasteiger charge is -2.52. The number of hydrogen-bond donors (Lipinski definition) is 1. The van der Waals surface area contributed by atoms with Gasteiger partial charge in [0.15, 0.2) is 0 Å². The molecular weight excluding hydrogens is 334 g/mol. The summed E-state index contributed by atoms with van der Waals surface area (Å²) in [4.78, 5) is 2.55. The maximum atomic E-state index is 11.4. The van der Waals surface area contributed by atoms with Crippen LogP contribution in [-0.2, 0) is 17.7 Å². The zero-order valence-corrected chi connectivity index (χ0v) is 16.5. The van der Waals surface area contributed by atoms with Crippen molar-refractivity contribution in [2.24, 2.45) is 0 Å². The molecule has 0 amide bonds. The number of ether oxygens (including phenoxy) is 1. The maximum Gasteiger partial charge on any atom is 0.0719 e. The fourth-order valence-corrected chi connectivity index (χ4v) is 4.74. The van der Waals surface area contributed by atoms with Crippen LogP contribution in [0.3, 0.4) is 0 Å². The van der Waals surface area contributed by atoms with Gasteiger partial charge in [-0.2, -0.15) is 0 Å². The van der Waals surface area contributed by atoms with E-state index < -0.39 is 5.60 Å². The Morgan fingerprint density at radius 1 is 0.963 bits per heavy atom. The van der Waals surface area contributed by atoms with Crippen molar-refractivity contribution in [1.82, 2.24) is 4.90 Å². The predicted molar refractivity (Wildman–Crippen MR) is 109 cm³/mol. The van der Waals surface area contributed by atoms with Crippen LogP contribution in [0.4, 0.5) is 0 Å². The molecule has 2 aliphatic heterocycles. The van der Waals surface area contributed by atoms with E-state index in [1.165, 1.54) is 16.7 Å². The molecule has 2 aliphatic rings. The molecule has 1 N–H and O–H groups in total. The van der Waals surface area contributed by atoms with Crippen molar-refractivity contribution in [1.29, 1.82) is 0 Å². The van der Waals surface area contributed by atoms with Crippen LogP contribution < -0.4 is 0 Å². The summed E-state index contributed by atoms with van der Waals surface area (Å²) in [6.07, 6.45) is 2.29. The summed E-state index contributed by atoms with van der Waals surface area (Å²) >= 11 is 0. The molecule has 4 rings (SSSR count). The monoisotopic (exact) mass is 365 g/mol. The van der Waals surface area contributed by atoms with Gasteiger partial charge in [0.25, 0.3) is 0 Å². The number of aliphatic hydroxyl groups is 1. The Bertz CT molecular complexity index is 727. The first kappa shape index (κ1) is 18.7. The van der Waals surface area contributed by atoms with Gasteiger partial charge in [-0.05, 0) is 35.4 Å². The molecule has 2 heterocycles. The summed E-state index contributed by atoms with van der Waals surface area (Å²) in [6, 6.07) is 20.0. The third kappa shape index (κ3) is 4.26. The van der Waals surface area contributed by atoms with Gasteiger partial charge in [0.2, 0.25) is 0 Å². The molecule has 2 aromatic rings. The number of piperidine rings is 1. The van der Waals surface area contributed by atoms with Crippen molar-refractivity contribution in [2.45, 2.75) is 63.3 Å². The molecule has 2 unspecified atom stereocenters. The van der Waals surface area contributed by atoms with E-state index in [2.05, 4.69) is 73.3 Å². The van der Waals surface area contributed by atoms with E-state index in [0.717, 1.165) is 39.0 Å². The largest absolute Gasteiger partial charge is 0.389 e. The van der Waals surface area contributed by atoms with E-state index in [1.54, 1.807) is 0 Å². The zero-order valence-electron chi connectivity index (χ0n) is 16.5. The molecule has 0 spiro atoms. The summed E-state index contributed by atoms with van der Waals surface area (Å²) < 4.78 is 5.84. The smallest absolute Gasteiger partial charge is 0.0719 e. The molecule has 3 nitrogen and oxygen atoms in total. The van der Waals surface area contributed by atoms with Crippen LogP contribution >= 0.6 is 0 Å². The minimum atomic E-state index is -0.633. The van der Waals surface area contributed by atoms with Crippen LogP contribution in [0.25, 0.3) is 0 Å². The van der Waals surface area contributed by atoms with Crippen LogP contribution in [0, 0.1) is 0 Å². The van der Waals surface area contributed by atoms with Gasteiger partial charge in [0, 0.05) is 25.0 Å². The number of benzene rings is 2. The van der Waals surface area contributed by atoms with Crippen LogP contribution in [-0.4, -0.2) is 40.9 Å². The van der Waals surface area contributed by atoms with Crippen molar-refractivity contribution in [3.63, 3.8) is 0 Å². The van der Waals surface area contributed by atoms with E-state index in [1.807, 2.05) is 0 Å². The number of fused-ring (bicyclic) bond motifs is 2. The second-order valence-electron chi connectivity index (χ2n) is 8.71. The second-order valence-corrected chi connectivity index (χ2v) is 8.71. The van der Waals surface area contributed by atoms with E-state index in [9.17, 15) is 5.11 Å². The minimum Gasteiger partial charge on any atom is -0.389 e. The minimum absolute atomic E-state index is 0.289. The summed E-state index contributed by atoms with van der Waals surface area (Å²) in [6.45, 7) is 6.81. The van der Waals surface area contributed by atoms with Gasteiger partial charge in [-0.15, -0.1) is 0 Å². The van der Waals surface area contributed by atoms with E-state index in [-0.39, 0.29) is 12.1 Å². The highest BCUT2D eigenvalue weighted by Crippen LogP contribution is 2.37. The Hall–Kier alpha value is -1.68. The predicted octanol–water partition coefficient (Wildman–Crippen LogP) is 4.15. The Labute approximate surface area is 163 Å². The standard InChI is InChI=1S/C24H31NO2/c1-18(2)21-10-8-19(9-11-21)12-24(26)13-22-16-27-17-23(14-24)25(22)15-20-6-4-3-5-7-20/h3-11,18,22-23,26H,12-17H2,1-2H3. The van der Waals surface area contributed by atoms with Gasteiger partial charge in [0.05, 0.1) is 18.8 Å². The number of morpholine rings is 1. The topological polar surface area (TPSA) is 32.7 Å². The fourth-order valence-electron chi connectivity index (χ4n) is 4.74. The van der Waals surface area contributed by atoms with Crippen molar-refractivity contribution in [3.05, 3.63) is 71.3 Å². The highest BCUT2D eigenvalue weighted by molar-refractivity contribution is 5.26. The molecule has 2 atom stereocenters. The van der Waals surface area contributed by atoms with Gasteiger partial charge in [-0.1, -0.05) is 68.4 Å². The Kier molecular flexibility index (Phi) is 5.36. The molecule has 2 aromatic carbocycles. The highest BCUT2D eigenvalue weighted by atomic mass is 16.5. The SMILES string of the molecule is CC(C)c1ccc(CC2(O)CC3COCC(C2)N3Cc2ccccc2)cc1. The maximum absolute atomic E-state index is 11.4. The van der Waals surface area contributed by atoms with Crippen molar-refractivity contribution in [3.8, 4) is 0 Å². The molecule has 0 aromatic heterocycles. The molecule has 3 heteroatoms. The highest BCUT2D eigenvalue weighted by Gasteiger charge is 2.45. The molecule has 2 saturated heterocycles. The Balaban J connectivity index is 1.46. The third-order valence-corrected chi connectivity index (χ3v) is 6.18. The first-order valence-electron chi connectivity index (χ1n) is 10.2. The zero-order chi connectivity index (χ0) is 18.9. The van der Waals surface area contributed by atoms with Crippen molar-refractivity contribution >= 4 is 0 Å². The first-order valence-corrected chi connectivity index (χ1v) is 10.2. The average Bonchev–Trinajstić information content (AvgIpc) is 2.64. The van der Waals surface area contributed by atoms with E-state index in [4.69, 9.17) is 4.74 Å². The molecule has 0 radical (unpaired) electrons. The molecule has 0 saturated carbocycles. The molecule has 2 bridgehead atoms. The Morgan fingerprint density at radius 3 is 2.19 bits per heavy atom. The number of hydrogen-bond acceptors (Lipinski definition) is 3. The normalized spacial score (nSPS) is 28.4. The quantitative estimate of drug-likeness (QED) is 0.864. The van der Waals surface area contributed by atoms with Gasteiger partial charge >= 0.3 is 0 Å². The van der Waals surface area contributed by atoms with E-state index >= 15 is 0 Å². The third-order valence-electron chi connectivity index (χ3n) is 6.18. The van der Waals surface area contributed by atoms with Crippen molar-refractivity contribution < 1.29 is 9.84 Å². The molecule has 144 valence electrons. The van der Waals surface area contributed by atoms with Crippen LogP contribution in [0.1, 0.15) is 49.3 Å². The van der Waals surface area contributed by atoms with Gasteiger partial charge in [-0.3, -0.25) is 4.90 Å². The van der Waals surface area contributed by atoms with Crippen LogP contribution in [0.2, 0.25) is 0 Å². The molecular formula is C24H31NO2. The first-order chi connectivity index (χ1) is 13.0. The Morgan fingerprint density at radius 2 is 1.59 bits per heavy atom. The number of nitrogens with zero attached hydrogens (tertiary/aromatic N) is 1. The van der Waals surface area contributed by atoms with Gasteiger partial charge in [0.1, 0.15) is 0 Å². The lowest BCUT2D eigenvalue weighted by Crippen LogP contribution is -2.61. The fraction of sp³-hybridized carbons (Fsp3) is 0.500. The summed E-state index contributed by atoms with van der Waals surface area (Å²) in [5, 5.41) is 11.4. The molecule has 27 heavy (non-hydrogen) atoms. The molecule has 0 aliphatic carbocycles. The lowest BCUT2D eigenvalue weighted by molar-refractivity contribution is -0.145. The lowest BCUT2D eigenvalue weighted by atomic mass is 9.77. The second kappa shape index (κ2) is 7.75. The molecule has 2 fully saturated rings. The van der Waals surface area contributed by atoms with Gasteiger partial charge in [-0.25, -0.2) is 0 Å². The van der Waals surface area contributed by atoms with Crippen LogP contribution in [0.15, 0.2) is 54.6 Å². The average molecular weight is 366 g/mol. The van der Waals surface area contributed by atoms with Crippen molar-refractivity contribution in [2.75, 3.05) is 13.2 Å². The summed E-state index contributed by atoms with van der Waals surface area (Å²) in [5.74, 6) is 0.542. The van der Waals surface area contributed by atoms with E-state index in [0.29, 0.717) is 5.92 Å². The summed E-state index contributed by atoms with van der Waals surface area (Å²) in [5.41, 5.74) is 3.29. The summed E-state index contributed by atoms with van der Waals surface area (Å²) in [7, 11) is 0. The number of rotatable bonds is 5. The van der Waals surface area contributed by atoms with Crippen LogP contribution in [0.5, 0.6) is 0 Å².